The summed E-state index contributed by atoms with van der Waals surface area (Å²) in [5.41, 5.74) is 8.47. The number of phenols is 2. The lowest BCUT2D eigenvalue weighted by Crippen LogP contribution is -2.60. The highest BCUT2D eigenvalue weighted by atomic mass is 32.1. The van der Waals surface area contributed by atoms with E-state index in [1.54, 1.807) is 42.6 Å². The summed E-state index contributed by atoms with van der Waals surface area (Å²) in [4.78, 5) is 93.9. The zero-order valence-electron chi connectivity index (χ0n) is 31.7. The quantitative estimate of drug-likeness (QED) is 0.0347. The van der Waals surface area contributed by atoms with Crippen molar-refractivity contribution in [2.45, 2.75) is 68.4 Å². The van der Waals surface area contributed by atoms with Gasteiger partial charge in [-0.15, -0.1) is 0 Å². The van der Waals surface area contributed by atoms with E-state index in [1.165, 1.54) is 36.4 Å². The van der Waals surface area contributed by atoms with Gasteiger partial charge in [-0.1, -0.05) is 36.4 Å². The molecule has 1 heterocycles. The second-order valence-corrected chi connectivity index (χ2v) is 14.0. The fraction of sp³-hybridized carbons (Fsp3) is 0.325. The number of carbonyl (C=O) groups is 7. The molecule has 0 spiro atoms. The molecule has 4 rings (SSSR count). The minimum Gasteiger partial charge on any atom is -0.508 e. The molecule has 0 saturated heterocycles. The SMILES string of the molecule is N[C@@H](Cc1ccc(O)cc1)C(=O)N[C@@H](CS)C(=O)N[C@@H](CO)C(=O)N[C@@H](Cc1cccc2[nH]ccc12)C(=O)N[C@@H](CCC=O)C(=O)N[C@@H](Cc1ccc(O)cc1)C(=O)O. The molecule has 0 bridgehead atoms. The molecule has 1 aromatic heterocycles. The number of carbonyl (C=O) groups excluding carboxylic acids is 6. The number of aliphatic carboxylic acids is 1. The average molecular weight is 834 g/mol. The van der Waals surface area contributed by atoms with Gasteiger partial charge in [0.05, 0.1) is 12.6 Å². The number of H-pyrrole nitrogens is 1. The summed E-state index contributed by atoms with van der Waals surface area (Å²) in [5.74, 6) is -6.08. The lowest BCUT2D eigenvalue weighted by molar-refractivity contribution is -0.142. The van der Waals surface area contributed by atoms with Crippen LogP contribution in [0.4, 0.5) is 0 Å². The monoisotopic (exact) mass is 833 g/mol. The summed E-state index contributed by atoms with van der Waals surface area (Å²) in [6.07, 6.45) is 1.50. The highest BCUT2D eigenvalue weighted by Crippen LogP contribution is 2.20. The van der Waals surface area contributed by atoms with Crippen molar-refractivity contribution in [3.8, 4) is 11.5 Å². The number of fused-ring (bicyclic) bond motifs is 1. The number of hydrogen-bond acceptors (Lipinski definition) is 12. The maximum Gasteiger partial charge on any atom is 0.326 e. The van der Waals surface area contributed by atoms with Crippen molar-refractivity contribution in [1.29, 1.82) is 0 Å². The summed E-state index contributed by atoms with van der Waals surface area (Å²) in [5, 5.41) is 52.1. The van der Waals surface area contributed by atoms with Crippen molar-refractivity contribution in [1.82, 2.24) is 31.6 Å². The summed E-state index contributed by atoms with van der Waals surface area (Å²) in [7, 11) is 0. The second-order valence-electron chi connectivity index (χ2n) is 13.7. The third kappa shape index (κ3) is 13.3. The van der Waals surface area contributed by atoms with E-state index in [0.717, 1.165) is 0 Å². The fourth-order valence-electron chi connectivity index (χ4n) is 6.06. The lowest BCUT2D eigenvalue weighted by atomic mass is 10.00. The molecule has 5 amide bonds. The standard InChI is InChI=1S/C40H47N7O11S/c41-28(17-22-6-10-25(50)11-7-22)35(52)47-34(21-59)39(56)46-33(20-49)38(55)44-31(19-24-3-1-4-29-27(24)14-15-42-29)37(54)43-30(5-2-16-48)36(53)45-32(40(57)58)18-23-8-12-26(51)13-9-23/h1,3-4,6-16,28,30-34,42,49-51,59H,2,5,17-21,41H2,(H,43,54)(H,44,55)(H,45,53)(H,46,56)(H,47,52)(H,57,58)/t28-,30-,31-,32-,33-,34-/m0/s1. The van der Waals surface area contributed by atoms with E-state index in [4.69, 9.17) is 5.73 Å². The Kier molecular flexibility index (Phi) is 16.8. The number of aldehydes is 1. The van der Waals surface area contributed by atoms with Gasteiger partial charge in [0, 0.05) is 42.1 Å². The zero-order chi connectivity index (χ0) is 43.1. The topological polar surface area (TPSA) is 302 Å². The molecule has 6 atom stereocenters. The van der Waals surface area contributed by atoms with E-state index in [2.05, 4.69) is 44.2 Å². The number of hydrogen-bond donors (Lipinski definition) is 12. The van der Waals surface area contributed by atoms with Crippen molar-refractivity contribution in [3.05, 3.63) is 95.7 Å². The molecule has 0 saturated carbocycles. The Labute approximate surface area is 343 Å². The number of nitrogens with one attached hydrogen (secondary N) is 6. The van der Waals surface area contributed by atoms with Gasteiger partial charge in [0.25, 0.3) is 0 Å². The van der Waals surface area contributed by atoms with Gasteiger partial charge in [0.15, 0.2) is 0 Å². The van der Waals surface area contributed by atoms with Crippen LogP contribution >= 0.6 is 12.6 Å². The highest BCUT2D eigenvalue weighted by molar-refractivity contribution is 7.80. The summed E-state index contributed by atoms with van der Waals surface area (Å²) in [6, 6.07) is 10.3. The Morgan fingerprint density at radius 3 is 1.78 bits per heavy atom. The van der Waals surface area contributed by atoms with E-state index in [9.17, 15) is 54.0 Å². The predicted octanol–water partition coefficient (Wildman–Crippen LogP) is -0.656. The van der Waals surface area contributed by atoms with Crippen molar-refractivity contribution in [3.63, 3.8) is 0 Å². The van der Waals surface area contributed by atoms with Gasteiger partial charge < -0.3 is 62.5 Å². The largest absolute Gasteiger partial charge is 0.508 e. The number of rotatable bonds is 22. The number of carboxylic acid groups (broad SMARTS) is 1. The average Bonchev–Trinajstić information content (AvgIpc) is 3.71. The molecular formula is C40H47N7O11S. The molecule has 0 aliphatic carbocycles. The summed E-state index contributed by atoms with van der Waals surface area (Å²) >= 11 is 4.15. The molecule has 0 unspecified atom stereocenters. The van der Waals surface area contributed by atoms with Gasteiger partial charge in [-0.3, -0.25) is 24.0 Å². The summed E-state index contributed by atoms with van der Waals surface area (Å²) < 4.78 is 0. The molecule has 3 aromatic carbocycles. The Hall–Kier alpha value is -6.44. The number of benzene rings is 3. The van der Waals surface area contributed by atoms with E-state index in [-0.39, 0.29) is 49.4 Å². The first kappa shape index (κ1) is 45.3. The van der Waals surface area contributed by atoms with Crippen LogP contribution in [-0.4, -0.2) is 116 Å². The molecule has 314 valence electrons. The number of aromatic nitrogens is 1. The zero-order valence-corrected chi connectivity index (χ0v) is 32.6. The van der Waals surface area contributed by atoms with Crippen LogP contribution in [0.1, 0.15) is 29.5 Å². The van der Waals surface area contributed by atoms with Gasteiger partial charge in [-0.25, -0.2) is 4.79 Å². The Bertz CT molecular complexity index is 2100. The van der Waals surface area contributed by atoms with Crippen molar-refractivity contribution < 1.29 is 54.0 Å². The van der Waals surface area contributed by atoms with Gasteiger partial charge in [-0.05, 0) is 65.9 Å². The van der Waals surface area contributed by atoms with Gasteiger partial charge in [0.2, 0.25) is 29.5 Å². The van der Waals surface area contributed by atoms with Crippen LogP contribution in [0.2, 0.25) is 0 Å². The first-order valence-corrected chi connectivity index (χ1v) is 19.1. The number of aliphatic hydroxyl groups excluding tert-OH is 1. The van der Waals surface area contributed by atoms with Crippen molar-refractivity contribution in [2.24, 2.45) is 5.73 Å². The molecule has 12 N–H and O–H groups in total. The van der Waals surface area contributed by atoms with Crippen molar-refractivity contribution in [2.75, 3.05) is 12.4 Å². The molecule has 0 radical (unpaired) electrons. The molecule has 0 fully saturated rings. The minimum absolute atomic E-state index is 0.0298. The maximum absolute atomic E-state index is 14.0. The van der Waals surface area contributed by atoms with Crippen LogP contribution in [-0.2, 0) is 52.8 Å². The first-order chi connectivity index (χ1) is 28.2. The smallest absolute Gasteiger partial charge is 0.326 e. The van der Waals surface area contributed by atoms with Gasteiger partial charge >= 0.3 is 5.97 Å². The number of amides is 5. The number of aromatic hydroxyl groups is 2. The summed E-state index contributed by atoms with van der Waals surface area (Å²) in [6.45, 7) is -0.936. The molecule has 18 nitrogen and oxygen atoms in total. The van der Waals surface area contributed by atoms with E-state index >= 15 is 0 Å². The van der Waals surface area contributed by atoms with Crippen LogP contribution in [0, 0.1) is 0 Å². The highest BCUT2D eigenvalue weighted by Gasteiger charge is 2.33. The number of aliphatic hydroxyl groups is 1. The molecule has 59 heavy (non-hydrogen) atoms. The van der Waals surface area contributed by atoms with E-state index < -0.39 is 78.4 Å². The molecular weight excluding hydrogens is 787 g/mol. The van der Waals surface area contributed by atoms with Crippen molar-refractivity contribution >= 4 is 65.3 Å². The third-order valence-corrected chi connectivity index (χ3v) is 9.66. The lowest BCUT2D eigenvalue weighted by Gasteiger charge is -2.26. The molecule has 0 aliphatic heterocycles. The Balaban J connectivity index is 1.50. The van der Waals surface area contributed by atoms with Gasteiger partial charge in [0.1, 0.15) is 48.0 Å². The Morgan fingerprint density at radius 2 is 1.19 bits per heavy atom. The van der Waals surface area contributed by atoms with E-state index in [1.807, 2.05) is 0 Å². The number of carboxylic acids is 1. The predicted molar refractivity (Wildman–Crippen MR) is 217 cm³/mol. The van der Waals surface area contributed by atoms with Crippen LogP contribution in [0.15, 0.2) is 79.0 Å². The van der Waals surface area contributed by atoms with E-state index in [0.29, 0.717) is 33.9 Å². The molecule has 4 aromatic rings. The fourth-order valence-corrected chi connectivity index (χ4v) is 6.32. The Morgan fingerprint density at radius 1 is 0.661 bits per heavy atom. The third-order valence-electron chi connectivity index (χ3n) is 9.30. The number of nitrogens with two attached hydrogens (primary N) is 1. The van der Waals surface area contributed by atoms with Crippen LogP contribution in [0.25, 0.3) is 10.9 Å². The normalized spacial score (nSPS) is 14.1. The number of phenolic OH excluding ortho intramolecular Hbond substituents is 2. The maximum atomic E-state index is 14.0. The van der Waals surface area contributed by atoms with Gasteiger partial charge in [-0.2, -0.15) is 12.6 Å². The number of thiol groups is 1. The minimum atomic E-state index is -1.64. The molecule has 0 aliphatic rings. The van der Waals surface area contributed by atoms with Crippen LogP contribution in [0.3, 0.4) is 0 Å². The molecule has 19 heteroatoms. The van der Waals surface area contributed by atoms with Crippen LogP contribution < -0.4 is 32.3 Å². The van der Waals surface area contributed by atoms with Crippen LogP contribution in [0.5, 0.6) is 11.5 Å². The first-order valence-electron chi connectivity index (χ1n) is 18.5. The second kappa shape index (κ2) is 21.9. The number of aromatic amines is 1.